The van der Waals surface area contributed by atoms with Gasteiger partial charge >= 0.3 is 0 Å². The third-order valence-corrected chi connectivity index (χ3v) is 7.19. The molecule has 1 N–H and O–H groups in total. The molecule has 4 heterocycles. The summed E-state index contributed by atoms with van der Waals surface area (Å²) in [7, 11) is 3.09. The number of aromatic nitrogens is 1. The zero-order chi connectivity index (χ0) is 25.6. The summed E-state index contributed by atoms with van der Waals surface area (Å²) in [5.74, 6) is 0.699. The van der Waals surface area contributed by atoms with Gasteiger partial charge in [0.2, 0.25) is 11.8 Å². The van der Waals surface area contributed by atoms with Gasteiger partial charge < -0.3 is 34.3 Å². The first-order valence-corrected chi connectivity index (χ1v) is 11.7. The van der Waals surface area contributed by atoms with Crippen LogP contribution in [0.1, 0.15) is 29.2 Å². The Labute approximate surface area is 207 Å². The molecule has 11 nitrogen and oxygen atoms in total. The summed E-state index contributed by atoms with van der Waals surface area (Å²) >= 11 is 0. The maximum absolute atomic E-state index is 13.3. The van der Waals surface area contributed by atoms with Gasteiger partial charge in [0.1, 0.15) is 12.2 Å². The first kappa shape index (κ1) is 23.9. The lowest BCUT2D eigenvalue weighted by Crippen LogP contribution is -2.51. The summed E-state index contributed by atoms with van der Waals surface area (Å²) in [5, 5.41) is 20.1. The predicted molar refractivity (Wildman–Crippen MR) is 130 cm³/mol. The quantitative estimate of drug-likeness (QED) is 0.619. The lowest BCUT2D eigenvalue weighted by atomic mass is 9.83. The molecule has 5 rings (SSSR count). The Morgan fingerprint density at radius 3 is 2.61 bits per heavy atom. The first-order valence-electron chi connectivity index (χ1n) is 11.7. The van der Waals surface area contributed by atoms with Crippen molar-refractivity contribution in [3.63, 3.8) is 0 Å². The molecule has 3 aliphatic heterocycles. The van der Waals surface area contributed by atoms with Crippen LogP contribution in [0.4, 0.5) is 5.69 Å². The van der Waals surface area contributed by atoms with Gasteiger partial charge in [0, 0.05) is 37.4 Å². The molecule has 0 spiro atoms. The highest BCUT2D eigenvalue weighted by atomic mass is 16.8. The van der Waals surface area contributed by atoms with Gasteiger partial charge in [0.25, 0.3) is 5.56 Å². The van der Waals surface area contributed by atoms with Crippen molar-refractivity contribution in [2.45, 2.75) is 25.3 Å². The lowest BCUT2D eigenvalue weighted by Gasteiger charge is -2.43. The molecule has 2 bridgehead atoms. The smallest absolute Gasteiger partial charge is 0.275 e. The Balaban J connectivity index is 1.31. The Bertz CT molecular complexity index is 1300. The van der Waals surface area contributed by atoms with Gasteiger partial charge in [-0.2, -0.15) is 0 Å². The number of likely N-dealkylation sites (tertiary alicyclic amines) is 1. The van der Waals surface area contributed by atoms with Crippen molar-refractivity contribution in [3.05, 3.63) is 62.8 Å². The van der Waals surface area contributed by atoms with Crippen molar-refractivity contribution in [2.24, 2.45) is 5.92 Å². The van der Waals surface area contributed by atoms with Crippen LogP contribution >= 0.6 is 0 Å². The Hall–Kier alpha value is -3.83. The topological polar surface area (TPSA) is 128 Å². The number of nitrogens with zero attached hydrogens (tertiary/aromatic N) is 4. The normalized spacial score (nSPS) is 20.4. The Morgan fingerprint density at radius 2 is 1.89 bits per heavy atom. The zero-order valence-corrected chi connectivity index (χ0v) is 20.0. The molecule has 2 amide bonds. The average molecular weight is 496 g/mol. The minimum atomic E-state index is -0.535. The minimum Gasteiger partial charge on any atom is -0.733 e. The van der Waals surface area contributed by atoms with Crippen LogP contribution < -0.4 is 20.3 Å². The molecular weight excluding hydrogens is 468 g/mol. The monoisotopic (exact) mass is 495 g/mol. The Morgan fingerprint density at radius 1 is 1.14 bits per heavy atom. The van der Waals surface area contributed by atoms with E-state index in [1.165, 1.54) is 22.6 Å². The molecule has 11 heteroatoms. The minimum absolute atomic E-state index is 0.0338. The second-order valence-electron chi connectivity index (χ2n) is 9.35. The third-order valence-electron chi connectivity index (χ3n) is 7.19. The van der Waals surface area contributed by atoms with Crippen molar-refractivity contribution in [1.29, 1.82) is 0 Å². The van der Waals surface area contributed by atoms with Crippen LogP contribution in [0.2, 0.25) is 0 Å². The van der Waals surface area contributed by atoms with Crippen LogP contribution in [-0.2, 0) is 22.6 Å². The largest absolute Gasteiger partial charge is 0.733 e. The van der Waals surface area contributed by atoms with Crippen LogP contribution in [0.15, 0.2) is 35.3 Å². The number of carbonyl (C=O) groups excluding carboxylic acids is 2. The van der Waals surface area contributed by atoms with Crippen LogP contribution in [0.3, 0.4) is 0 Å². The summed E-state index contributed by atoms with van der Waals surface area (Å²) in [6.45, 7) is 1.14. The van der Waals surface area contributed by atoms with E-state index in [0.717, 1.165) is 23.2 Å². The summed E-state index contributed by atoms with van der Waals surface area (Å²) < 4.78 is 12.2. The number of fused-ring (bicyclic) bond motifs is 5. The molecule has 0 unspecified atom stereocenters. The van der Waals surface area contributed by atoms with E-state index in [1.54, 1.807) is 36.4 Å². The summed E-state index contributed by atoms with van der Waals surface area (Å²) in [4.78, 5) is 42.0. The second kappa shape index (κ2) is 9.32. The van der Waals surface area contributed by atoms with Gasteiger partial charge in [-0.05, 0) is 53.8 Å². The molecule has 2 atom stereocenters. The molecule has 1 aromatic heterocycles. The van der Waals surface area contributed by atoms with E-state index in [0.29, 0.717) is 31.1 Å². The SMILES string of the molecule is COc1cc2c(cc1OC)CC(=O)N(CC(=O)N1C[C@H]3C[C@@H](C1)c1ccc(N([O-])O)c(=O)n1C3)C=C2. The maximum atomic E-state index is 13.3. The average Bonchev–Trinajstić information content (AvgIpc) is 3.01. The van der Waals surface area contributed by atoms with E-state index >= 15 is 0 Å². The number of hydrogen-bond donors (Lipinski definition) is 1. The highest BCUT2D eigenvalue weighted by Gasteiger charge is 2.37. The molecule has 1 aromatic carbocycles. The number of hydrogen-bond acceptors (Lipinski definition) is 8. The fraction of sp³-hybridized carbons (Fsp3) is 0.400. The molecule has 2 aromatic rings. The summed E-state index contributed by atoms with van der Waals surface area (Å²) in [6, 6.07) is 6.56. The van der Waals surface area contributed by atoms with Gasteiger partial charge in [0.15, 0.2) is 11.5 Å². The second-order valence-corrected chi connectivity index (χ2v) is 9.35. The van der Waals surface area contributed by atoms with E-state index < -0.39 is 10.8 Å². The maximum Gasteiger partial charge on any atom is 0.275 e. The number of benzene rings is 1. The zero-order valence-electron chi connectivity index (χ0n) is 20.0. The number of rotatable bonds is 5. The lowest BCUT2D eigenvalue weighted by molar-refractivity contribution is -0.139. The standard InChI is InChI=1S/C25H27N4O7/c1-35-21-8-16-5-6-26(23(30)10-17(16)9-22(21)36-2)14-24(31)27-11-15-7-18(13-27)19-3-4-20(29(33)34)25(32)28(19)12-15/h3-6,8-9,15,18,33H,7,10-14H2,1-2H3/q-1/t15-,18+/m1/s1. The summed E-state index contributed by atoms with van der Waals surface area (Å²) in [6.07, 6.45) is 4.37. The summed E-state index contributed by atoms with van der Waals surface area (Å²) in [5.41, 5.74) is 1.49. The van der Waals surface area contributed by atoms with Crippen molar-refractivity contribution >= 4 is 23.6 Å². The number of piperidine rings is 1. The van der Waals surface area contributed by atoms with E-state index in [4.69, 9.17) is 9.47 Å². The number of ether oxygens (including phenoxy) is 2. The number of carbonyl (C=O) groups is 2. The highest BCUT2D eigenvalue weighted by Crippen LogP contribution is 2.36. The fourth-order valence-corrected chi connectivity index (χ4v) is 5.43. The van der Waals surface area contributed by atoms with Gasteiger partial charge in [-0.15, -0.1) is 0 Å². The molecule has 0 aliphatic carbocycles. The molecule has 0 saturated carbocycles. The molecular formula is C25H27N4O7-. The van der Waals surface area contributed by atoms with E-state index in [-0.39, 0.29) is 42.3 Å². The molecule has 36 heavy (non-hydrogen) atoms. The van der Waals surface area contributed by atoms with Gasteiger partial charge in [-0.3, -0.25) is 19.6 Å². The van der Waals surface area contributed by atoms with Crippen molar-refractivity contribution in [2.75, 3.05) is 39.1 Å². The fourth-order valence-electron chi connectivity index (χ4n) is 5.43. The van der Waals surface area contributed by atoms with Crippen molar-refractivity contribution in [3.8, 4) is 11.5 Å². The predicted octanol–water partition coefficient (Wildman–Crippen LogP) is 1.56. The van der Waals surface area contributed by atoms with E-state index in [1.807, 2.05) is 6.07 Å². The number of methoxy groups -OCH3 is 2. The molecule has 1 saturated heterocycles. The van der Waals surface area contributed by atoms with Crippen LogP contribution in [0.25, 0.3) is 6.08 Å². The van der Waals surface area contributed by atoms with Crippen LogP contribution in [-0.4, -0.2) is 65.2 Å². The van der Waals surface area contributed by atoms with Crippen molar-refractivity contribution < 1.29 is 24.3 Å². The van der Waals surface area contributed by atoms with Crippen LogP contribution in [0.5, 0.6) is 11.5 Å². The van der Waals surface area contributed by atoms with Crippen LogP contribution in [0, 0.1) is 11.1 Å². The van der Waals surface area contributed by atoms with E-state index in [2.05, 4.69) is 0 Å². The molecule has 1 fully saturated rings. The van der Waals surface area contributed by atoms with Gasteiger partial charge in [0.05, 0.1) is 20.6 Å². The molecule has 190 valence electrons. The third kappa shape index (κ3) is 4.20. The number of pyridine rings is 1. The van der Waals surface area contributed by atoms with E-state index in [9.17, 15) is 24.8 Å². The number of anilines is 1. The highest BCUT2D eigenvalue weighted by molar-refractivity contribution is 5.89. The van der Waals surface area contributed by atoms with Gasteiger partial charge in [-0.1, -0.05) is 0 Å². The number of amides is 2. The van der Waals surface area contributed by atoms with Gasteiger partial charge in [-0.25, -0.2) is 0 Å². The first-order chi connectivity index (χ1) is 17.3. The molecule has 3 aliphatic rings. The Kier molecular flexibility index (Phi) is 6.19. The van der Waals surface area contributed by atoms with Crippen molar-refractivity contribution in [1.82, 2.24) is 14.4 Å². The molecule has 0 radical (unpaired) electrons.